The second kappa shape index (κ2) is 5.86. The molecule has 1 aliphatic rings. The Morgan fingerprint density at radius 2 is 2.26 bits per heavy atom. The number of aliphatic carboxylic acids is 1. The summed E-state index contributed by atoms with van der Waals surface area (Å²) in [7, 11) is 1.71. The number of anilines is 2. The Hall–Kier alpha value is -1.85. The van der Waals surface area contributed by atoms with Gasteiger partial charge >= 0.3 is 5.97 Å². The van der Waals surface area contributed by atoms with Gasteiger partial charge in [0.05, 0.1) is 0 Å². The maximum atomic E-state index is 10.7. The average molecular weight is 264 g/mol. The molecule has 6 nitrogen and oxygen atoms in total. The molecule has 1 fully saturated rings. The number of nitrogens with one attached hydrogen (secondary N) is 1. The first-order valence-corrected chi connectivity index (χ1v) is 6.57. The second-order valence-corrected chi connectivity index (χ2v) is 5.09. The second-order valence-electron chi connectivity index (χ2n) is 5.09. The highest BCUT2D eigenvalue weighted by Gasteiger charge is 2.17. The third-order valence-electron chi connectivity index (χ3n) is 3.38. The maximum Gasteiger partial charge on any atom is 0.323 e. The highest BCUT2D eigenvalue weighted by molar-refractivity contribution is 5.73. The SMILES string of the molecule is Cc1nc(NCC2CCC2)cc(N(C)CC(=O)O)n1. The molecule has 1 aromatic heterocycles. The first-order valence-electron chi connectivity index (χ1n) is 6.57. The standard InChI is InChI=1S/C13H20N4O2/c1-9-15-11(14-7-10-4-3-5-10)6-12(16-9)17(2)8-13(18)19/h6,10H,3-5,7-8H2,1-2H3,(H,18,19)(H,14,15,16). The Morgan fingerprint density at radius 1 is 1.53 bits per heavy atom. The van der Waals surface area contributed by atoms with Crippen molar-refractivity contribution in [1.29, 1.82) is 0 Å². The lowest BCUT2D eigenvalue weighted by atomic mass is 9.85. The lowest BCUT2D eigenvalue weighted by Gasteiger charge is -2.26. The molecule has 0 atom stereocenters. The quantitative estimate of drug-likeness (QED) is 0.811. The van der Waals surface area contributed by atoms with E-state index < -0.39 is 5.97 Å². The first kappa shape index (κ1) is 13.6. The number of hydrogen-bond acceptors (Lipinski definition) is 5. The van der Waals surface area contributed by atoms with E-state index in [1.165, 1.54) is 19.3 Å². The van der Waals surface area contributed by atoms with E-state index in [9.17, 15) is 4.79 Å². The first-order chi connectivity index (χ1) is 9.04. The van der Waals surface area contributed by atoms with Gasteiger partial charge in [0.25, 0.3) is 0 Å². The minimum atomic E-state index is -0.872. The molecule has 0 aliphatic heterocycles. The highest BCUT2D eigenvalue weighted by atomic mass is 16.4. The smallest absolute Gasteiger partial charge is 0.323 e. The summed E-state index contributed by atoms with van der Waals surface area (Å²) < 4.78 is 0. The van der Waals surface area contributed by atoms with Crippen molar-refractivity contribution in [1.82, 2.24) is 9.97 Å². The number of aromatic nitrogens is 2. The lowest BCUT2D eigenvalue weighted by molar-refractivity contribution is -0.135. The number of nitrogens with zero attached hydrogens (tertiary/aromatic N) is 3. The van der Waals surface area contributed by atoms with Crippen LogP contribution >= 0.6 is 0 Å². The number of rotatable bonds is 6. The van der Waals surface area contributed by atoms with E-state index in [4.69, 9.17) is 5.11 Å². The fraction of sp³-hybridized carbons (Fsp3) is 0.615. The van der Waals surface area contributed by atoms with E-state index in [0.717, 1.165) is 18.3 Å². The van der Waals surface area contributed by atoms with Crippen molar-refractivity contribution in [2.24, 2.45) is 5.92 Å². The van der Waals surface area contributed by atoms with E-state index in [1.807, 2.05) is 6.92 Å². The third kappa shape index (κ3) is 3.81. The molecule has 2 N–H and O–H groups in total. The van der Waals surface area contributed by atoms with Crippen molar-refractivity contribution in [3.05, 3.63) is 11.9 Å². The van der Waals surface area contributed by atoms with Crippen molar-refractivity contribution >= 4 is 17.6 Å². The van der Waals surface area contributed by atoms with Gasteiger partial charge in [-0.1, -0.05) is 6.42 Å². The van der Waals surface area contributed by atoms with Crippen molar-refractivity contribution in [2.75, 3.05) is 30.4 Å². The van der Waals surface area contributed by atoms with Crippen LogP contribution in [0.4, 0.5) is 11.6 Å². The van der Waals surface area contributed by atoms with Gasteiger partial charge in [0, 0.05) is 19.7 Å². The Balaban J connectivity index is 2.02. The number of aryl methyl sites for hydroxylation is 1. The number of hydrogen-bond donors (Lipinski definition) is 2. The molecule has 104 valence electrons. The van der Waals surface area contributed by atoms with Crippen LogP contribution in [0.15, 0.2) is 6.07 Å². The van der Waals surface area contributed by atoms with Crippen LogP contribution in [0.3, 0.4) is 0 Å². The predicted octanol–water partition coefficient (Wildman–Crippen LogP) is 1.52. The van der Waals surface area contributed by atoms with Crippen LogP contribution in [0.25, 0.3) is 0 Å². The number of carboxylic acid groups (broad SMARTS) is 1. The summed E-state index contributed by atoms with van der Waals surface area (Å²) in [6, 6.07) is 1.80. The summed E-state index contributed by atoms with van der Waals surface area (Å²) in [6.45, 7) is 2.67. The summed E-state index contributed by atoms with van der Waals surface area (Å²) in [4.78, 5) is 20.9. The van der Waals surface area contributed by atoms with Gasteiger partial charge in [-0.2, -0.15) is 0 Å². The van der Waals surface area contributed by atoms with Gasteiger partial charge in [-0.25, -0.2) is 9.97 Å². The minimum Gasteiger partial charge on any atom is -0.480 e. The molecule has 0 unspecified atom stereocenters. The molecule has 0 radical (unpaired) electrons. The molecule has 0 bridgehead atoms. The van der Waals surface area contributed by atoms with Crippen LogP contribution in [0.2, 0.25) is 0 Å². The Morgan fingerprint density at radius 3 is 2.84 bits per heavy atom. The summed E-state index contributed by atoms with van der Waals surface area (Å²) in [5.41, 5.74) is 0. The molecular weight excluding hydrogens is 244 g/mol. The van der Waals surface area contributed by atoms with Gasteiger partial charge < -0.3 is 15.3 Å². The zero-order valence-electron chi connectivity index (χ0n) is 11.4. The molecule has 1 aromatic rings. The molecule has 19 heavy (non-hydrogen) atoms. The van der Waals surface area contributed by atoms with E-state index in [2.05, 4.69) is 15.3 Å². The molecule has 0 amide bonds. The van der Waals surface area contributed by atoms with Crippen molar-refractivity contribution in [2.45, 2.75) is 26.2 Å². The van der Waals surface area contributed by atoms with Gasteiger partial charge in [0.15, 0.2) is 0 Å². The van der Waals surface area contributed by atoms with E-state index in [0.29, 0.717) is 11.6 Å². The number of likely N-dealkylation sites (N-methyl/N-ethyl adjacent to an activating group) is 1. The van der Waals surface area contributed by atoms with E-state index >= 15 is 0 Å². The van der Waals surface area contributed by atoms with Crippen LogP contribution < -0.4 is 10.2 Å². The van der Waals surface area contributed by atoms with Crippen LogP contribution in [0, 0.1) is 12.8 Å². The van der Waals surface area contributed by atoms with Crippen molar-refractivity contribution in [3.8, 4) is 0 Å². The molecule has 1 heterocycles. The van der Waals surface area contributed by atoms with E-state index in [-0.39, 0.29) is 6.54 Å². The molecule has 0 saturated heterocycles. The zero-order chi connectivity index (χ0) is 13.8. The maximum absolute atomic E-state index is 10.7. The van der Waals surface area contributed by atoms with Crippen LogP contribution in [-0.4, -0.2) is 41.2 Å². The summed E-state index contributed by atoms with van der Waals surface area (Å²) in [5.74, 6) is 1.92. The topological polar surface area (TPSA) is 78.4 Å². The van der Waals surface area contributed by atoms with Gasteiger partial charge in [-0.3, -0.25) is 4.79 Å². The summed E-state index contributed by atoms with van der Waals surface area (Å²) >= 11 is 0. The van der Waals surface area contributed by atoms with Crippen LogP contribution in [0.1, 0.15) is 25.1 Å². The van der Waals surface area contributed by atoms with Gasteiger partial charge in [0.2, 0.25) is 0 Å². The predicted molar refractivity (Wildman–Crippen MR) is 73.5 cm³/mol. The van der Waals surface area contributed by atoms with Gasteiger partial charge in [-0.15, -0.1) is 0 Å². The van der Waals surface area contributed by atoms with E-state index in [1.54, 1.807) is 18.0 Å². The molecule has 0 aromatic carbocycles. The normalized spacial score (nSPS) is 14.8. The number of carbonyl (C=O) groups is 1. The lowest BCUT2D eigenvalue weighted by Crippen LogP contribution is -2.26. The van der Waals surface area contributed by atoms with Crippen molar-refractivity contribution < 1.29 is 9.90 Å². The Labute approximate surface area is 112 Å². The highest BCUT2D eigenvalue weighted by Crippen LogP contribution is 2.26. The molecule has 6 heteroatoms. The van der Waals surface area contributed by atoms with Crippen LogP contribution in [-0.2, 0) is 4.79 Å². The fourth-order valence-electron chi connectivity index (χ4n) is 2.07. The molecule has 1 aliphatic carbocycles. The van der Waals surface area contributed by atoms with Crippen molar-refractivity contribution in [3.63, 3.8) is 0 Å². The Bertz CT molecular complexity index is 460. The molecular formula is C13H20N4O2. The van der Waals surface area contributed by atoms with Gasteiger partial charge in [-0.05, 0) is 25.7 Å². The molecule has 0 spiro atoms. The fourth-order valence-corrected chi connectivity index (χ4v) is 2.07. The molecule has 2 rings (SSSR count). The minimum absolute atomic E-state index is 0.0709. The zero-order valence-corrected chi connectivity index (χ0v) is 11.4. The largest absolute Gasteiger partial charge is 0.480 e. The summed E-state index contributed by atoms with van der Waals surface area (Å²) in [5, 5.41) is 12.1. The summed E-state index contributed by atoms with van der Waals surface area (Å²) in [6.07, 6.45) is 3.88. The number of carboxylic acids is 1. The third-order valence-corrected chi connectivity index (χ3v) is 3.38. The van der Waals surface area contributed by atoms with Gasteiger partial charge in [0.1, 0.15) is 24.0 Å². The monoisotopic (exact) mass is 264 g/mol. The average Bonchev–Trinajstić information content (AvgIpc) is 2.25. The van der Waals surface area contributed by atoms with Crippen LogP contribution in [0.5, 0.6) is 0 Å². The Kier molecular flexibility index (Phi) is 4.19. The molecule has 1 saturated carbocycles.